The normalized spacial score (nSPS) is 16.1. The van der Waals surface area contributed by atoms with E-state index in [1.165, 1.54) is 12.1 Å². The molecule has 2 N–H and O–H groups in total. The van der Waals surface area contributed by atoms with E-state index in [0.717, 1.165) is 31.2 Å². The minimum Gasteiger partial charge on any atom is -0.328 e. The Hall–Kier alpha value is -2.07. The van der Waals surface area contributed by atoms with Gasteiger partial charge in [0.1, 0.15) is 5.82 Å². The van der Waals surface area contributed by atoms with Crippen LogP contribution in [0.25, 0.3) is 0 Å². The number of urea groups is 1. The fourth-order valence-corrected chi connectivity index (χ4v) is 3.35. The summed E-state index contributed by atoms with van der Waals surface area (Å²) in [6.45, 7) is 0. The lowest BCUT2D eigenvalue weighted by Gasteiger charge is -2.31. The van der Waals surface area contributed by atoms with Crippen LogP contribution in [-0.4, -0.2) is 6.03 Å². The van der Waals surface area contributed by atoms with Gasteiger partial charge >= 0.3 is 6.03 Å². The van der Waals surface area contributed by atoms with Gasteiger partial charge in [0.2, 0.25) is 0 Å². The van der Waals surface area contributed by atoms with Crippen molar-refractivity contribution in [3.63, 3.8) is 0 Å². The number of hydrogen-bond donors (Lipinski definition) is 2. The van der Waals surface area contributed by atoms with Gasteiger partial charge in [0.15, 0.2) is 0 Å². The lowest BCUT2D eigenvalue weighted by Crippen LogP contribution is -2.45. The van der Waals surface area contributed by atoms with Crippen molar-refractivity contribution in [3.8, 4) is 0 Å². The Balaban J connectivity index is 1.78. The predicted octanol–water partition coefficient (Wildman–Crippen LogP) is 5.07. The van der Waals surface area contributed by atoms with Crippen molar-refractivity contribution in [3.05, 3.63) is 64.9 Å². The van der Waals surface area contributed by atoms with E-state index in [0.29, 0.717) is 10.7 Å². The van der Waals surface area contributed by atoms with E-state index >= 15 is 0 Å². The van der Waals surface area contributed by atoms with E-state index in [2.05, 4.69) is 10.6 Å². The molecule has 1 saturated carbocycles. The maximum absolute atomic E-state index is 13.2. The lowest BCUT2D eigenvalue weighted by molar-refractivity contribution is 0.236. The van der Waals surface area contributed by atoms with Gasteiger partial charge in [0, 0.05) is 0 Å². The van der Waals surface area contributed by atoms with Gasteiger partial charge in [-0.15, -0.1) is 0 Å². The van der Waals surface area contributed by atoms with E-state index in [1.54, 1.807) is 24.3 Å². The zero-order valence-corrected chi connectivity index (χ0v) is 13.4. The first-order valence-corrected chi connectivity index (χ1v) is 8.07. The van der Waals surface area contributed by atoms with Crippen molar-refractivity contribution in [2.45, 2.75) is 31.2 Å². The molecule has 120 valence electrons. The second-order valence-corrected chi connectivity index (χ2v) is 6.26. The predicted molar refractivity (Wildman–Crippen MR) is 90.2 cm³/mol. The Bertz CT molecular complexity index is 696. The van der Waals surface area contributed by atoms with Crippen LogP contribution in [0.4, 0.5) is 14.9 Å². The average molecular weight is 333 g/mol. The molecule has 2 amide bonds. The molecule has 2 aromatic carbocycles. The maximum atomic E-state index is 13.2. The Morgan fingerprint density at radius 3 is 2.35 bits per heavy atom. The molecule has 0 aromatic heterocycles. The Labute approximate surface area is 139 Å². The van der Waals surface area contributed by atoms with Gasteiger partial charge in [-0.1, -0.05) is 48.7 Å². The van der Waals surface area contributed by atoms with Crippen LogP contribution in [0, 0.1) is 5.82 Å². The summed E-state index contributed by atoms with van der Waals surface area (Å²) in [5, 5.41) is 6.35. The zero-order valence-electron chi connectivity index (χ0n) is 12.6. The number of carbonyl (C=O) groups is 1. The number of carbonyl (C=O) groups excluding carboxylic acids is 1. The molecule has 0 saturated heterocycles. The minimum absolute atomic E-state index is 0.276. The summed E-state index contributed by atoms with van der Waals surface area (Å²) in [6, 6.07) is 13.2. The monoisotopic (exact) mass is 332 g/mol. The molecule has 0 radical (unpaired) electrons. The van der Waals surface area contributed by atoms with Gasteiger partial charge in [0.25, 0.3) is 0 Å². The van der Waals surface area contributed by atoms with Crippen LogP contribution in [-0.2, 0) is 5.54 Å². The highest BCUT2D eigenvalue weighted by Crippen LogP contribution is 2.39. The lowest BCUT2D eigenvalue weighted by atomic mass is 9.88. The van der Waals surface area contributed by atoms with Crippen molar-refractivity contribution in [1.82, 2.24) is 5.32 Å². The van der Waals surface area contributed by atoms with Gasteiger partial charge in [0.05, 0.1) is 16.2 Å². The Morgan fingerprint density at radius 1 is 1.04 bits per heavy atom. The van der Waals surface area contributed by atoms with Gasteiger partial charge in [-0.2, -0.15) is 0 Å². The summed E-state index contributed by atoms with van der Waals surface area (Å²) in [6.07, 6.45) is 3.75. The zero-order chi connectivity index (χ0) is 16.3. The SMILES string of the molecule is O=C(Nc1ccccc1Cl)NC1(c2ccc(F)cc2)CCCC1. The van der Waals surface area contributed by atoms with Crippen LogP contribution in [0.3, 0.4) is 0 Å². The van der Waals surface area contributed by atoms with Gasteiger partial charge in [-0.25, -0.2) is 9.18 Å². The molecule has 0 heterocycles. The van der Waals surface area contributed by atoms with Gasteiger partial charge < -0.3 is 10.6 Å². The highest BCUT2D eigenvalue weighted by Gasteiger charge is 2.37. The van der Waals surface area contributed by atoms with Crippen LogP contribution >= 0.6 is 11.6 Å². The minimum atomic E-state index is -0.445. The van der Waals surface area contributed by atoms with Gasteiger partial charge in [-0.3, -0.25) is 0 Å². The summed E-state index contributed by atoms with van der Waals surface area (Å²) >= 11 is 6.07. The topological polar surface area (TPSA) is 41.1 Å². The molecular weight excluding hydrogens is 315 g/mol. The molecule has 0 bridgehead atoms. The molecule has 3 rings (SSSR count). The van der Waals surface area contributed by atoms with Crippen molar-refractivity contribution < 1.29 is 9.18 Å². The van der Waals surface area contributed by atoms with Crippen LogP contribution in [0.1, 0.15) is 31.2 Å². The number of halogens is 2. The number of nitrogens with one attached hydrogen (secondary N) is 2. The molecule has 0 atom stereocenters. The largest absolute Gasteiger partial charge is 0.328 e. The van der Waals surface area contributed by atoms with Crippen molar-refractivity contribution >= 4 is 23.3 Å². The van der Waals surface area contributed by atoms with Crippen molar-refractivity contribution in [2.75, 3.05) is 5.32 Å². The standard InChI is InChI=1S/C18H18ClFN2O/c19-15-5-1-2-6-16(15)21-17(23)22-18(11-3-4-12-18)13-7-9-14(20)10-8-13/h1-2,5-10H,3-4,11-12H2,(H2,21,22,23). The average Bonchev–Trinajstić information content (AvgIpc) is 3.00. The molecule has 1 aliphatic carbocycles. The first-order chi connectivity index (χ1) is 11.1. The Morgan fingerprint density at radius 2 is 1.70 bits per heavy atom. The first-order valence-electron chi connectivity index (χ1n) is 7.69. The fourth-order valence-electron chi connectivity index (χ4n) is 3.17. The third kappa shape index (κ3) is 3.48. The highest BCUT2D eigenvalue weighted by molar-refractivity contribution is 6.33. The third-order valence-electron chi connectivity index (χ3n) is 4.33. The fraction of sp³-hybridized carbons (Fsp3) is 0.278. The molecule has 2 aromatic rings. The van der Waals surface area contributed by atoms with E-state index in [9.17, 15) is 9.18 Å². The number of amides is 2. The van der Waals surface area contributed by atoms with Crippen LogP contribution in [0.5, 0.6) is 0 Å². The number of rotatable bonds is 3. The summed E-state index contributed by atoms with van der Waals surface area (Å²) in [7, 11) is 0. The quantitative estimate of drug-likeness (QED) is 0.809. The number of para-hydroxylation sites is 1. The summed E-state index contributed by atoms with van der Waals surface area (Å²) in [5.74, 6) is -0.276. The summed E-state index contributed by atoms with van der Waals surface area (Å²) in [5.41, 5.74) is 1.06. The molecular formula is C18H18ClFN2O. The number of hydrogen-bond acceptors (Lipinski definition) is 1. The van der Waals surface area contributed by atoms with Gasteiger partial charge in [-0.05, 0) is 42.7 Å². The summed E-state index contributed by atoms with van der Waals surface area (Å²) < 4.78 is 13.2. The van der Waals surface area contributed by atoms with E-state index in [4.69, 9.17) is 11.6 Å². The van der Waals surface area contributed by atoms with E-state index in [-0.39, 0.29) is 11.8 Å². The second kappa shape index (κ2) is 6.59. The van der Waals surface area contributed by atoms with Crippen LogP contribution in [0.15, 0.2) is 48.5 Å². The number of anilines is 1. The highest BCUT2D eigenvalue weighted by atomic mass is 35.5. The smallest absolute Gasteiger partial charge is 0.319 e. The van der Waals surface area contributed by atoms with Crippen molar-refractivity contribution in [2.24, 2.45) is 0 Å². The molecule has 0 aliphatic heterocycles. The molecule has 3 nitrogen and oxygen atoms in total. The first kappa shape index (κ1) is 15.8. The molecule has 5 heteroatoms. The molecule has 1 fully saturated rings. The third-order valence-corrected chi connectivity index (χ3v) is 4.66. The maximum Gasteiger partial charge on any atom is 0.319 e. The second-order valence-electron chi connectivity index (χ2n) is 5.86. The van der Waals surface area contributed by atoms with E-state index in [1.807, 2.05) is 12.1 Å². The summed E-state index contributed by atoms with van der Waals surface area (Å²) in [4.78, 5) is 12.4. The van der Waals surface area contributed by atoms with Crippen LogP contribution < -0.4 is 10.6 Å². The molecule has 1 aliphatic rings. The Kier molecular flexibility index (Phi) is 4.53. The van der Waals surface area contributed by atoms with E-state index < -0.39 is 5.54 Å². The molecule has 0 spiro atoms. The number of benzene rings is 2. The van der Waals surface area contributed by atoms with Crippen molar-refractivity contribution in [1.29, 1.82) is 0 Å². The molecule has 0 unspecified atom stereocenters. The molecule has 23 heavy (non-hydrogen) atoms. The van der Waals surface area contributed by atoms with Crippen LogP contribution in [0.2, 0.25) is 5.02 Å².